The third-order valence-electron chi connectivity index (χ3n) is 4.19. The fourth-order valence-corrected chi connectivity index (χ4v) is 4.16. The van der Waals surface area contributed by atoms with E-state index in [-0.39, 0.29) is 28.6 Å². The van der Waals surface area contributed by atoms with E-state index < -0.39 is 21.7 Å². The predicted octanol–water partition coefficient (Wildman–Crippen LogP) is 3.89. The molecule has 3 rings (SSSR count). The topological polar surface area (TPSA) is 75.3 Å². The fourth-order valence-electron chi connectivity index (χ4n) is 2.62. The van der Waals surface area contributed by atoms with Crippen molar-refractivity contribution in [2.24, 2.45) is 0 Å². The second kappa shape index (κ2) is 9.17. The number of halogens is 2. The zero-order valence-electron chi connectivity index (χ0n) is 15.2. The molecule has 0 saturated carbocycles. The highest BCUT2D eigenvalue weighted by Gasteiger charge is 2.20. The van der Waals surface area contributed by atoms with Crippen LogP contribution in [0.25, 0.3) is 0 Å². The average molecular weight is 433 g/mol. The highest BCUT2D eigenvalue weighted by Crippen LogP contribution is 2.23. The summed E-state index contributed by atoms with van der Waals surface area (Å²) in [5.41, 5.74) is 1.21. The number of sulfonamides is 1. The van der Waals surface area contributed by atoms with Gasteiger partial charge < -0.3 is 5.32 Å². The Morgan fingerprint density at radius 3 is 2.34 bits per heavy atom. The first-order chi connectivity index (χ1) is 13.9. The van der Waals surface area contributed by atoms with Gasteiger partial charge in [0.25, 0.3) is 5.91 Å². The molecule has 2 N–H and O–H groups in total. The van der Waals surface area contributed by atoms with Gasteiger partial charge in [0, 0.05) is 24.2 Å². The van der Waals surface area contributed by atoms with Crippen LogP contribution in [0.1, 0.15) is 21.5 Å². The van der Waals surface area contributed by atoms with Gasteiger partial charge in [-0.2, -0.15) is 0 Å². The largest absolute Gasteiger partial charge is 0.348 e. The van der Waals surface area contributed by atoms with E-state index in [2.05, 4.69) is 10.0 Å². The van der Waals surface area contributed by atoms with E-state index in [4.69, 9.17) is 11.6 Å². The van der Waals surface area contributed by atoms with Gasteiger partial charge in [-0.25, -0.2) is 17.5 Å². The Bertz CT molecular complexity index is 1120. The van der Waals surface area contributed by atoms with Crippen LogP contribution in [-0.2, 0) is 23.1 Å². The van der Waals surface area contributed by atoms with Gasteiger partial charge in [0.05, 0.1) is 5.02 Å². The lowest BCUT2D eigenvalue weighted by atomic mass is 10.2. The van der Waals surface area contributed by atoms with Crippen molar-refractivity contribution in [1.82, 2.24) is 10.0 Å². The molecule has 3 aromatic carbocycles. The van der Waals surface area contributed by atoms with Gasteiger partial charge in [-0.05, 0) is 29.8 Å². The molecule has 8 heteroatoms. The fraction of sp³-hybridized carbons (Fsp3) is 0.0952. The molecule has 0 aliphatic heterocycles. The monoisotopic (exact) mass is 432 g/mol. The highest BCUT2D eigenvalue weighted by molar-refractivity contribution is 7.89. The van der Waals surface area contributed by atoms with E-state index >= 15 is 0 Å². The Morgan fingerprint density at radius 2 is 1.62 bits per heavy atom. The molecule has 3 aromatic rings. The van der Waals surface area contributed by atoms with Crippen LogP contribution in [0.5, 0.6) is 0 Å². The molecule has 0 spiro atoms. The molecule has 5 nitrogen and oxygen atoms in total. The molecule has 0 heterocycles. The summed E-state index contributed by atoms with van der Waals surface area (Å²) < 4.78 is 41.5. The van der Waals surface area contributed by atoms with E-state index in [1.165, 1.54) is 24.3 Å². The lowest BCUT2D eigenvalue weighted by Crippen LogP contribution is -2.26. The summed E-state index contributed by atoms with van der Waals surface area (Å²) >= 11 is 6.06. The van der Waals surface area contributed by atoms with Gasteiger partial charge in [-0.1, -0.05) is 60.1 Å². The molecule has 0 bridgehead atoms. The lowest BCUT2D eigenvalue weighted by molar-refractivity contribution is 0.0950. The average Bonchev–Trinajstić information content (AvgIpc) is 2.72. The van der Waals surface area contributed by atoms with Crippen LogP contribution >= 0.6 is 11.6 Å². The molecule has 0 aliphatic rings. The summed E-state index contributed by atoms with van der Waals surface area (Å²) in [6.45, 7) is 0.0612. The van der Waals surface area contributed by atoms with Crippen molar-refractivity contribution in [3.8, 4) is 0 Å². The molecular formula is C21H18ClFN2O3S. The van der Waals surface area contributed by atoms with Crippen molar-refractivity contribution in [3.63, 3.8) is 0 Å². The number of hydrogen-bond acceptors (Lipinski definition) is 3. The summed E-state index contributed by atoms with van der Waals surface area (Å²) in [6, 6.07) is 19.0. The summed E-state index contributed by atoms with van der Waals surface area (Å²) in [5, 5.41) is 2.57. The van der Waals surface area contributed by atoms with Gasteiger partial charge in [-0.15, -0.1) is 0 Å². The standard InChI is InChI=1S/C21H18ClFN2O3S/c22-18-11-10-16(21(26)24-14-17-8-4-5-9-19(17)23)12-20(18)29(27,28)25-13-15-6-2-1-3-7-15/h1-12,25H,13-14H2,(H,24,26). The quantitative estimate of drug-likeness (QED) is 0.594. The Balaban J connectivity index is 1.74. The smallest absolute Gasteiger partial charge is 0.251 e. The van der Waals surface area contributed by atoms with Crippen molar-refractivity contribution in [2.75, 3.05) is 0 Å². The zero-order chi connectivity index (χ0) is 20.9. The summed E-state index contributed by atoms with van der Waals surface area (Å²) in [7, 11) is -3.94. The molecule has 0 fully saturated rings. The molecule has 0 atom stereocenters. The summed E-state index contributed by atoms with van der Waals surface area (Å²) in [5.74, 6) is -0.971. The maximum atomic E-state index is 13.7. The van der Waals surface area contributed by atoms with E-state index in [9.17, 15) is 17.6 Å². The molecule has 0 unspecified atom stereocenters. The van der Waals surface area contributed by atoms with E-state index in [0.29, 0.717) is 5.56 Å². The van der Waals surface area contributed by atoms with Crippen LogP contribution in [0, 0.1) is 5.82 Å². The van der Waals surface area contributed by atoms with Crippen LogP contribution in [0.15, 0.2) is 77.7 Å². The van der Waals surface area contributed by atoms with Crippen LogP contribution in [0.3, 0.4) is 0 Å². The van der Waals surface area contributed by atoms with Crippen LogP contribution in [0.4, 0.5) is 4.39 Å². The molecule has 150 valence electrons. The number of carbonyl (C=O) groups excluding carboxylic acids is 1. The van der Waals surface area contributed by atoms with Crippen molar-refractivity contribution in [2.45, 2.75) is 18.0 Å². The number of hydrogen-bond donors (Lipinski definition) is 2. The predicted molar refractivity (Wildman–Crippen MR) is 109 cm³/mol. The van der Waals surface area contributed by atoms with Crippen LogP contribution < -0.4 is 10.0 Å². The second-order valence-electron chi connectivity index (χ2n) is 6.23. The molecule has 29 heavy (non-hydrogen) atoms. The third kappa shape index (κ3) is 5.41. The second-order valence-corrected chi connectivity index (χ2v) is 8.37. The molecule has 1 amide bonds. The minimum absolute atomic E-state index is 0.00350. The Morgan fingerprint density at radius 1 is 0.931 bits per heavy atom. The third-order valence-corrected chi connectivity index (χ3v) is 6.07. The van der Waals surface area contributed by atoms with Gasteiger partial charge >= 0.3 is 0 Å². The van der Waals surface area contributed by atoms with E-state index in [1.807, 2.05) is 6.07 Å². The Kier molecular flexibility index (Phi) is 6.64. The summed E-state index contributed by atoms with van der Waals surface area (Å²) in [4.78, 5) is 12.2. The lowest BCUT2D eigenvalue weighted by Gasteiger charge is -2.11. The molecule has 0 radical (unpaired) electrons. The van der Waals surface area contributed by atoms with Crippen LogP contribution in [-0.4, -0.2) is 14.3 Å². The van der Waals surface area contributed by atoms with Crippen molar-refractivity contribution >= 4 is 27.5 Å². The number of nitrogens with one attached hydrogen (secondary N) is 2. The van der Waals surface area contributed by atoms with E-state index in [0.717, 1.165) is 5.56 Å². The molecule has 0 aromatic heterocycles. The van der Waals surface area contributed by atoms with Crippen molar-refractivity contribution in [3.05, 3.63) is 100 Å². The zero-order valence-corrected chi connectivity index (χ0v) is 16.8. The molecule has 0 saturated heterocycles. The number of benzene rings is 3. The Labute approximate surface area is 173 Å². The Hall–Kier alpha value is -2.74. The van der Waals surface area contributed by atoms with Gasteiger partial charge in [0.1, 0.15) is 10.7 Å². The van der Waals surface area contributed by atoms with Crippen LogP contribution in [0.2, 0.25) is 5.02 Å². The van der Waals surface area contributed by atoms with Gasteiger partial charge in [-0.3, -0.25) is 4.79 Å². The van der Waals surface area contributed by atoms with Crippen molar-refractivity contribution < 1.29 is 17.6 Å². The molecular weight excluding hydrogens is 415 g/mol. The number of carbonyl (C=O) groups is 1. The first-order valence-electron chi connectivity index (χ1n) is 8.71. The number of rotatable bonds is 7. The minimum atomic E-state index is -3.94. The first kappa shape index (κ1) is 21.0. The molecule has 0 aliphatic carbocycles. The first-order valence-corrected chi connectivity index (χ1v) is 10.6. The number of amides is 1. The normalized spacial score (nSPS) is 11.2. The van der Waals surface area contributed by atoms with Crippen molar-refractivity contribution in [1.29, 1.82) is 0 Å². The maximum absolute atomic E-state index is 13.7. The maximum Gasteiger partial charge on any atom is 0.251 e. The SMILES string of the molecule is O=C(NCc1ccccc1F)c1ccc(Cl)c(S(=O)(=O)NCc2ccccc2)c1. The van der Waals surface area contributed by atoms with E-state index in [1.54, 1.807) is 42.5 Å². The minimum Gasteiger partial charge on any atom is -0.348 e. The highest BCUT2D eigenvalue weighted by atomic mass is 35.5. The summed E-state index contributed by atoms with van der Waals surface area (Å²) in [6.07, 6.45) is 0. The van der Waals surface area contributed by atoms with Gasteiger partial charge in [0.15, 0.2) is 0 Å². The van der Waals surface area contributed by atoms with Gasteiger partial charge in [0.2, 0.25) is 10.0 Å².